The molecule has 1 aliphatic heterocycles. The van der Waals surface area contributed by atoms with Crippen LogP contribution in [0.3, 0.4) is 0 Å². The van der Waals surface area contributed by atoms with Crippen molar-refractivity contribution in [1.29, 1.82) is 0 Å². The quantitative estimate of drug-likeness (QED) is 0.839. The van der Waals surface area contributed by atoms with Gasteiger partial charge in [0.05, 0.1) is 5.56 Å². The number of amides is 1. The van der Waals surface area contributed by atoms with Gasteiger partial charge in [-0.2, -0.15) is 0 Å². The Morgan fingerprint density at radius 3 is 2.46 bits per heavy atom. The molecule has 3 N–H and O–H groups in total. The summed E-state index contributed by atoms with van der Waals surface area (Å²) < 4.78 is 0. The molecule has 2 aromatic rings. The van der Waals surface area contributed by atoms with Gasteiger partial charge in [0.1, 0.15) is 0 Å². The molecule has 26 heavy (non-hydrogen) atoms. The Morgan fingerprint density at radius 1 is 1.04 bits per heavy atom. The maximum absolute atomic E-state index is 11.7. The molecule has 0 spiro atoms. The highest BCUT2D eigenvalue weighted by Gasteiger charge is 2.32. The molecule has 2 aromatic carbocycles. The Kier molecular flexibility index (Phi) is 4.93. The first-order chi connectivity index (χ1) is 12.7. The molecule has 1 saturated heterocycles. The van der Waals surface area contributed by atoms with E-state index in [1.807, 2.05) is 24.3 Å². The Morgan fingerprint density at radius 2 is 1.77 bits per heavy atom. The van der Waals surface area contributed by atoms with E-state index < -0.39 is 0 Å². The van der Waals surface area contributed by atoms with Crippen molar-refractivity contribution in [2.45, 2.75) is 37.8 Å². The first-order valence-corrected chi connectivity index (χ1v) is 9.67. The zero-order valence-electron chi connectivity index (χ0n) is 15.1. The van der Waals surface area contributed by atoms with Crippen LogP contribution < -0.4 is 16.0 Å². The summed E-state index contributed by atoms with van der Waals surface area (Å²) >= 11 is 0. The molecule has 4 rings (SSSR count). The predicted octanol–water partition coefficient (Wildman–Crippen LogP) is 3.50. The van der Waals surface area contributed by atoms with E-state index in [1.165, 1.54) is 24.8 Å². The fourth-order valence-electron chi connectivity index (χ4n) is 4.26. The van der Waals surface area contributed by atoms with Crippen molar-refractivity contribution in [3.8, 4) is 0 Å². The largest absolute Gasteiger partial charge is 0.369 e. The molecule has 0 aromatic heterocycles. The summed E-state index contributed by atoms with van der Waals surface area (Å²) in [5, 5.41) is 3.92. The van der Waals surface area contributed by atoms with Gasteiger partial charge in [0.2, 0.25) is 0 Å². The highest BCUT2D eigenvalue weighted by molar-refractivity contribution is 5.98. The summed E-state index contributed by atoms with van der Waals surface area (Å²) in [4.78, 5) is 14.0. The maximum atomic E-state index is 11.7. The van der Waals surface area contributed by atoms with Gasteiger partial charge < -0.3 is 16.0 Å². The van der Waals surface area contributed by atoms with E-state index in [0.29, 0.717) is 17.6 Å². The standard InChI is InChI=1S/C22H27N3O/c23-22(26)19-11-4-5-12-20(19)25-14-13-18(15-25)24-21(17-9-6-10-17)16-7-2-1-3-8-16/h1-5,7-8,11-12,17-18,21,24H,6,9-10,13-15H2,(H2,23,26). The third-order valence-electron chi connectivity index (χ3n) is 5.89. The fourth-order valence-corrected chi connectivity index (χ4v) is 4.26. The van der Waals surface area contributed by atoms with Crippen molar-refractivity contribution in [3.63, 3.8) is 0 Å². The lowest BCUT2D eigenvalue weighted by atomic mass is 9.77. The van der Waals surface area contributed by atoms with Crippen LogP contribution in [-0.4, -0.2) is 25.0 Å². The molecule has 1 heterocycles. The number of carbonyl (C=O) groups excluding carboxylic acids is 1. The van der Waals surface area contributed by atoms with Crippen molar-refractivity contribution >= 4 is 11.6 Å². The van der Waals surface area contributed by atoms with E-state index >= 15 is 0 Å². The van der Waals surface area contributed by atoms with Crippen molar-refractivity contribution in [2.24, 2.45) is 11.7 Å². The van der Waals surface area contributed by atoms with Crippen LogP contribution in [0, 0.1) is 5.92 Å². The molecule has 4 nitrogen and oxygen atoms in total. The molecule has 1 amide bonds. The summed E-state index contributed by atoms with van der Waals surface area (Å²) in [6.45, 7) is 1.87. The second-order valence-electron chi connectivity index (χ2n) is 7.56. The van der Waals surface area contributed by atoms with Gasteiger partial charge in [-0.05, 0) is 42.9 Å². The minimum atomic E-state index is -0.353. The second-order valence-corrected chi connectivity index (χ2v) is 7.56. The number of hydrogen-bond acceptors (Lipinski definition) is 3. The first-order valence-electron chi connectivity index (χ1n) is 9.67. The Bertz CT molecular complexity index is 757. The molecule has 0 radical (unpaired) electrons. The summed E-state index contributed by atoms with van der Waals surface area (Å²) in [6.07, 6.45) is 5.06. The van der Waals surface area contributed by atoms with E-state index in [0.717, 1.165) is 31.1 Å². The first kappa shape index (κ1) is 17.1. The Hall–Kier alpha value is -2.33. The molecule has 2 aliphatic rings. The summed E-state index contributed by atoms with van der Waals surface area (Å²) in [6, 6.07) is 19.4. The van der Waals surface area contributed by atoms with Gasteiger partial charge >= 0.3 is 0 Å². The minimum Gasteiger partial charge on any atom is -0.369 e. The summed E-state index contributed by atoms with van der Waals surface area (Å²) in [7, 11) is 0. The average molecular weight is 349 g/mol. The summed E-state index contributed by atoms with van der Waals surface area (Å²) in [5.41, 5.74) is 8.53. The van der Waals surface area contributed by atoms with Crippen LogP contribution in [0.4, 0.5) is 5.69 Å². The zero-order chi connectivity index (χ0) is 17.9. The van der Waals surface area contributed by atoms with E-state index in [1.54, 1.807) is 0 Å². The van der Waals surface area contributed by atoms with Crippen LogP contribution in [-0.2, 0) is 0 Å². The van der Waals surface area contributed by atoms with E-state index in [-0.39, 0.29) is 5.91 Å². The minimum absolute atomic E-state index is 0.353. The number of carbonyl (C=O) groups is 1. The van der Waals surface area contributed by atoms with Crippen molar-refractivity contribution < 1.29 is 4.79 Å². The van der Waals surface area contributed by atoms with Gasteiger partial charge in [-0.1, -0.05) is 48.9 Å². The number of para-hydroxylation sites is 1. The number of nitrogens with zero attached hydrogens (tertiary/aromatic N) is 1. The van der Waals surface area contributed by atoms with Crippen LogP contribution in [0.2, 0.25) is 0 Å². The van der Waals surface area contributed by atoms with Gasteiger partial charge in [-0.15, -0.1) is 0 Å². The van der Waals surface area contributed by atoms with E-state index in [4.69, 9.17) is 5.73 Å². The smallest absolute Gasteiger partial charge is 0.250 e. The second kappa shape index (κ2) is 7.50. The zero-order valence-corrected chi connectivity index (χ0v) is 15.1. The van der Waals surface area contributed by atoms with Crippen molar-refractivity contribution in [2.75, 3.05) is 18.0 Å². The number of nitrogens with one attached hydrogen (secondary N) is 1. The number of primary amides is 1. The highest BCUT2D eigenvalue weighted by Crippen LogP contribution is 2.38. The predicted molar refractivity (Wildman–Crippen MR) is 105 cm³/mol. The van der Waals surface area contributed by atoms with Crippen molar-refractivity contribution in [1.82, 2.24) is 5.32 Å². The van der Waals surface area contributed by atoms with E-state index in [2.05, 4.69) is 40.5 Å². The van der Waals surface area contributed by atoms with Crippen LogP contribution in [0.5, 0.6) is 0 Å². The molecular weight excluding hydrogens is 322 g/mol. The molecule has 2 fully saturated rings. The third kappa shape index (κ3) is 3.47. The topological polar surface area (TPSA) is 58.4 Å². The van der Waals surface area contributed by atoms with Gasteiger partial charge in [-0.25, -0.2) is 0 Å². The lowest BCUT2D eigenvalue weighted by Gasteiger charge is -2.36. The molecule has 0 bridgehead atoms. The van der Waals surface area contributed by atoms with Gasteiger partial charge in [0, 0.05) is 30.9 Å². The molecule has 1 aliphatic carbocycles. The number of anilines is 1. The van der Waals surface area contributed by atoms with E-state index in [9.17, 15) is 4.79 Å². The Labute approximate surface area is 155 Å². The summed E-state index contributed by atoms with van der Waals surface area (Å²) in [5.74, 6) is 0.387. The van der Waals surface area contributed by atoms with Gasteiger partial charge in [0.15, 0.2) is 0 Å². The lowest BCUT2D eigenvalue weighted by molar-refractivity contribution is 0.100. The average Bonchev–Trinajstić information content (AvgIpc) is 3.09. The maximum Gasteiger partial charge on any atom is 0.250 e. The third-order valence-corrected chi connectivity index (χ3v) is 5.89. The van der Waals surface area contributed by atoms with Gasteiger partial charge in [0.25, 0.3) is 5.91 Å². The normalized spacial score (nSPS) is 21.4. The SMILES string of the molecule is NC(=O)c1ccccc1N1CCC(NC(c2ccccc2)C2CCC2)C1. The molecule has 136 valence electrons. The van der Waals surface area contributed by atoms with Gasteiger partial charge in [-0.3, -0.25) is 4.79 Å². The van der Waals surface area contributed by atoms with Crippen LogP contribution in [0.1, 0.15) is 47.6 Å². The highest BCUT2D eigenvalue weighted by atomic mass is 16.1. The number of rotatable bonds is 6. The van der Waals surface area contributed by atoms with Crippen LogP contribution in [0.25, 0.3) is 0 Å². The fraction of sp³-hybridized carbons (Fsp3) is 0.409. The molecule has 4 heteroatoms. The molecule has 1 saturated carbocycles. The number of benzene rings is 2. The number of nitrogens with two attached hydrogens (primary N) is 1. The molecular formula is C22H27N3O. The Balaban J connectivity index is 1.47. The monoisotopic (exact) mass is 349 g/mol. The van der Waals surface area contributed by atoms with Crippen molar-refractivity contribution in [3.05, 3.63) is 65.7 Å². The van der Waals surface area contributed by atoms with Crippen LogP contribution >= 0.6 is 0 Å². The molecule has 2 unspecified atom stereocenters. The van der Waals surface area contributed by atoms with Crippen LogP contribution in [0.15, 0.2) is 54.6 Å². The molecule has 2 atom stereocenters. The lowest BCUT2D eigenvalue weighted by Crippen LogP contribution is -2.40. The number of hydrogen-bond donors (Lipinski definition) is 2.